The summed E-state index contributed by atoms with van der Waals surface area (Å²) in [4.78, 5) is 12.9. The van der Waals surface area contributed by atoms with Crippen molar-refractivity contribution in [1.82, 2.24) is 5.32 Å². The minimum Gasteiger partial charge on any atom is -0.394 e. The van der Waals surface area contributed by atoms with Crippen LogP contribution in [0.25, 0.3) is 0 Å². The number of ether oxygens (including phenoxy) is 2. The van der Waals surface area contributed by atoms with Gasteiger partial charge in [0.05, 0.1) is 25.4 Å². The third-order valence-electron chi connectivity index (χ3n) is 12.7. The molecule has 68 heavy (non-hydrogen) atoms. The van der Waals surface area contributed by atoms with Gasteiger partial charge in [0.2, 0.25) is 5.91 Å². The summed E-state index contributed by atoms with van der Waals surface area (Å²) < 4.78 is 11.2. The first-order valence-corrected chi connectivity index (χ1v) is 27.8. The Hall–Kier alpha value is -2.63. The van der Waals surface area contributed by atoms with Crippen molar-refractivity contribution in [1.29, 1.82) is 0 Å². The van der Waals surface area contributed by atoms with E-state index in [0.29, 0.717) is 6.42 Å². The van der Waals surface area contributed by atoms with E-state index in [1.54, 1.807) is 6.08 Å². The Bertz CT molecular complexity index is 1340. The number of aliphatic hydroxyl groups excluding tert-OH is 5. The van der Waals surface area contributed by atoms with Crippen molar-refractivity contribution in [3.63, 3.8) is 0 Å². The standard InChI is InChI=1S/C59H103NO8/c1-3-5-7-9-11-13-14-15-16-17-18-19-20-21-22-23-24-25-26-27-28-29-30-31-32-33-34-35-36-37-38-39-40-41-43-45-47-49-55(63)60-52(53(62)48-46-44-42-12-10-8-6-4-2)51-67-59-58(66)57(65)56(64)54(50-61)68-59/h5,7,10-13,15-16,18-19,21-22,46,48,52-54,56-59,61-62,64-66H,3-4,6,8-9,14,17,20,23-45,47,49-51H2,1-2H3,(H,60,63)/b7-5-,12-10+,13-11-,16-15-,19-18-,22-21-,48-46+. The summed E-state index contributed by atoms with van der Waals surface area (Å²) in [5, 5.41) is 54.1. The molecule has 1 amide bonds. The van der Waals surface area contributed by atoms with Gasteiger partial charge in [-0.15, -0.1) is 0 Å². The highest BCUT2D eigenvalue weighted by atomic mass is 16.7. The van der Waals surface area contributed by atoms with Gasteiger partial charge >= 0.3 is 0 Å². The predicted octanol–water partition coefficient (Wildman–Crippen LogP) is 13.5. The third kappa shape index (κ3) is 37.2. The normalized spacial score (nSPS) is 20.2. The average molecular weight is 954 g/mol. The Balaban J connectivity index is 2.03. The second kappa shape index (κ2) is 48.0. The molecule has 7 unspecified atom stereocenters. The first kappa shape index (κ1) is 63.4. The molecule has 9 heteroatoms. The van der Waals surface area contributed by atoms with Gasteiger partial charge in [-0.3, -0.25) is 4.79 Å². The molecule has 0 saturated carbocycles. The lowest BCUT2D eigenvalue weighted by molar-refractivity contribution is -0.302. The van der Waals surface area contributed by atoms with E-state index >= 15 is 0 Å². The van der Waals surface area contributed by atoms with Crippen LogP contribution in [0, 0.1) is 0 Å². The van der Waals surface area contributed by atoms with Gasteiger partial charge in [0.1, 0.15) is 24.4 Å². The molecular formula is C59H103NO8. The molecule has 0 bridgehead atoms. The highest BCUT2D eigenvalue weighted by Gasteiger charge is 2.44. The number of carbonyl (C=O) groups excluding carboxylic acids is 1. The SMILES string of the molecule is CC/C=C\C/C=C\C/C=C\C/C=C\C/C=C\CCCCCCCCCCCCCCCCCCCCCCCC(=O)NC(COC1OC(CO)C(O)C(O)C1O)C(O)/C=C/CC/C=C/CCCC. The number of carbonyl (C=O) groups is 1. The van der Waals surface area contributed by atoms with E-state index in [0.717, 1.165) is 83.5 Å². The second-order valence-electron chi connectivity index (χ2n) is 19.0. The van der Waals surface area contributed by atoms with Crippen LogP contribution in [-0.4, -0.2) is 87.5 Å². The van der Waals surface area contributed by atoms with Crippen LogP contribution in [0.2, 0.25) is 0 Å². The zero-order chi connectivity index (χ0) is 49.4. The van der Waals surface area contributed by atoms with E-state index in [1.807, 2.05) is 6.08 Å². The Morgan fingerprint density at radius 1 is 0.515 bits per heavy atom. The van der Waals surface area contributed by atoms with E-state index in [2.05, 4.69) is 92.1 Å². The summed E-state index contributed by atoms with van der Waals surface area (Å²) in [7, 11) is 0. The number of rotatable bonds is 46. The van der Waals surface area contributed by atoms with Crippen molar-refractivity contribution in [2.24, 2.45) is 0 Å². The van der Waals surface area contributed by atoms with Gasteiger partial charge < -0.3 is 40.3 Å². The molecule has 7 atom stereocenters. The number of hydrogen-bond acceptors (Lipinski definition) is 8. The summed E-state index contributed by atoms with van der Waals surface area (Å²) in [5.74, 6) is -0.191. The summed E-state index contributed by atoms with van der Waals surface area (Å²) in [5.41, 5.74) is 0. The van der Waals surface area contributed by atoms with Crippen LogP contribution in [0.1, 0.15) is 226 Å². The topological polar surface area (TPSA) is 149 Å². The number of aliphatic hydroxyl groups is 5. The van der Waals surface area contributed by atoms with Crippen LogP contribution in [-0.2, 0) is 14.3 Å². The molecule has 6 N–H and O–H groups in total. The fraction of sp³-hybridized carbons (Fsp3) is 0.746. The van der Waals surface area contributed by atoms with Crippen molar-refractivity contribution in [2.75, 3.05) is 13.2 Å². The van der Waals surface area contributed by atoms with Gasteiger partial charge in [0.15, 0.2) is 6.29 Å². The molecule has 0 aromatic carbocycles. The number of allylic oxidation sites excluding steroid dienone is 13. The summed E-state index contributed by atoms with van der Waals surface area (Å²) >= 11 is 0. The lowest BCUT2D eigenvalue weighted by Crippen LogP contribution is -2.60. The van der Waals surface area contributed by atoms with E-state index < -0.39 is 49.5 Å². The van der Waals surface area contributed by atoms with Crippen LogP contribution in [0.15, 0.2) is 85.1 Å². The number of unbranched alkanes of at least 4 members (excludes halogenated alkanes) is 24. The summed E-state index contributed by atoms with van der Waals surface area (Å²) in [6, 6.07) is -0.820. The highest BCUT2D eigenvalue weighted by Crippen LogP contribution is 2.23. The minimum absolute atomic E-state index is 0.191. The highest BCUT2D eigenvalue weighted by molar-refractivity contribution is 5.76. The molecule has 0 aliphatic carbocycles. The largest absolute Gasteiger partial charge is 0.394 e. The van der Waals surface area contributed by atoms with Crippen molar-refractivity contribution in [3.05, 3.63) is 85.1 Å². The van der Waals surface area contributed by atoms with Gasteiger partial charge in [-0.2, -0.15) is 0 Å². The lowest BCUT2D eigenvalue weighted by Gasteiger charge is -2.40. The smallest absolute Gasteiger partial charge is 0.220 e. The molecule has 1 aliphatic heterocycles. The average Bonchev–Trinajstić information content (AvgIpc) is 3.34. The number of amides is 1. The summed E-state index contributed by atoms with van der Waals surface area (Å²) in [6.45, 7) is 3.56. The van der Waals surface area contributed by atoms with Crippen molar-refractivity contribution >= 4 is 5.91 Å². The van der Waals surface area contributed by atoms with E-state index in [-0.39, 0.29) is 12.5 Å². The molecule has 0 aromatic rings. The van der Waals surface area contributed by atoms with Gasteiger partial charge in [0, 0.05) is 6.42 Å². The molecule has 0 radical (unpaired) electrons. The van der Waals surface area contributed by atoms with Crippen LogP contribution in [0.4, 0.5) is 0 Å². The van der Waals surface area contributed by atoms with Crippen molar-refractivity contribution < 1.29 is 39.8 Å². The fourth-order valence-electron chi connectivity index (χ4n) is 8.30. The molecule has 1 rings (SSSR count). The lowest BCUT2D eigenvalue weighted by atomic mass is 9.99. The van der Waals surface area contributed by atoms with Crippen molar-refractivity contribution in [3.8, 4) is 0 Å². The zero-order valence-electron chi connectivity index (χ0n) is 43.3. The van der Waals surface area contributed by atoms with Crippen molar-refractivity contribution in [2.45, 2.75) is 269 Å². The number of nitrogens with one attached hydrogen (secondary N) is 1. The Morgan fingerprint density at radius 2 is 0.926 bits per heavy atom. The molecule has 0 aromatic heterocycles. The maximum atomic E-state index is 12.9. The maximum absolute atomic E-state index is 12.9. The fourth-order valence-corrected chi connectivity index (χ4v) is 8.30. The van der Waals surface area contributed by atoms with Gasteiger partial charge in [-0.1, -0.05) is 234 Å². The summed E-state index contributed by atoms with van der Waals surface area (Å²) in [6.07, 6.45) is 61.3. The molecule has 1 aliphatic rings. The monoisotopic (exact) mass is 954 g/mol. The molecule has 1 saturated heterocycles. The number of hydrogen-bond donors (Lipinski definition) is 6. The molecule has 0 spiro atoms. The van der Waals surface area contributed by atoms with E-state index in [1.165, 1.54) is 122 Å². The van der Waals surface area contributed by atoms with Gasteiger partial charge in [-0.05, 0) is 70.6 Å². The van der Waals surface area contributed by atoms with E-state index in [4.69, 9.17) is 9.47 Å². The Labute approximate surface area is 416 Å². The maximum Gasteiger partial charge on any atom is 0.220 e. The van der Waals surface area contributed by atoms with E-state index in [9.17, 15) is 30.3 Å². The second-order valence-corrected chi connectivity index (χ2v) is 19.0. The van der Waals surface area contributed by atoms with Crippen LogP contribution in [0.5, 0.6) is 0 Å². The molecular weight excluding hydrogens is 851 g/mol. The van der Waals surface area contributed by atoms with Gasteiger partial charge in [0.25, 0.3) is 0 Å². The van der Waals surface area contributed by atoms with Crippen LogP contribution in [0.3, 0.4) is 0 Å². The van der Waals surface area contributed by atoms with Crippen LogP contribution < -0.4 is 5.32 Å². The first-order chi connectivity index (χ1) is 33.3. The molecule has 1 fully saturated rings. The molecule has 9 nitrogen and oxygen atoms in total. The zero-order valence-corrected chi connectivity index (χ0v) is 43.3. The Kier molecular flexibility index (Phi) is 44.8. The van der Waals surface area contributed by atoms with Gasteiger partial charge in [-0.25, -0.2) is 0 Å². The predicted molar refractivity (Wildman–Crippen MR) is 285 cm³/mol. The first-order valence-electron chi connectivity index (χ1n) is 27.8. The minimum atomic E-state index is -1.57. The third-order valence-corrected chi connectivity index (χ3v) is 12.7. The Morgan fingerprint density at radius 3 is 1.41 bits per heavy atom. The van der Waals surface area contributed by atoms with Crippen LogP contribution >= 0.6 is 0 Å². The quantitative estimate of drug-likeness (QED) is 0.0261. The molecule has 392 valence electrons. The molecule has 1 heterocycles.